The first-order valence-electron chi connectivity index (χ1n) is 8.64. The van der Waals surface area contributed by atoms with Crippen LogP contribution in [-0.4, -0.2) is 29.0 Å². The quantitative estimate of drug-likeness (QED) is 0.852. The van der Waals surface area contributed by atoms with Gasteiger partial charge in [-0.1, -0.05) is 0 Å². The van der Waals surface area contributed by atoms with Crippen molar-refractivity contribution in [1.29, 1.82) is 0 Å². The molecule has 0 bridgehead atoms. The third kappa shape index (κ3) is 1.80. The maximum absolute atomic E-state index is 13.4. The topological polar surface area (TPSA) is 68.3 Å². The molecule has 7 heteroatoms. The minimum atomic E-state index is -3.60. The molecule has 0 unspecified atom stereocenters. The zero-order chi connectivity index (χ0) is 16.5. The van der Waals surface area contributed by atoms with E-state index >= 15 is 0 Å². The second-order valence-electron chi connectivity index (χ2n) is 7.31. The van der Waals surface area contributed by atoms with E-state index in [0.29, 0.717) is 23.4 Å². The smallest absolute Gasteiger partial charge is 0.261 e. The third-order valence-electron chi connectivity index (χ3n) is 6.03. The predicted molar refractivity (Wildman–Crippen MR) is 86.8 cm³/mol. The molecule has 2 aliphatic carbocycles. The number of fused-ring (bicyclic) bond motifs is 1. The monoisotopic (exact) mass is 347 g/mol. The Labute approximate surface area is 141 Å². The standard InChI is InChI=1S/C17H21N3O3S/c1-19-16(11-14(18-19)12-4-5-12)24(21,22)20-9-7-13-6-8-17(13,20)15-3-2-10-23-15/h2-3,10-13H,4-9H2,1H3/t13-,17-/m0/s1. The molecule has 0 aromatic carbocycles. The minimum absolute atomic E-state index is 0.308. The van der Waals surface area contributed by atoms with Crippen LogP contribution in [0.5, 0.6) is 0 Å². The summed E-state index contributed by atoms with van der Waals surface area (Å²) >= 11 is 0. The Bertz CT molecular complexity index is 882. The van der Waals surface area contributed by atoms with Gasteiger partial charge in [0, 0.05) is 25.6 Å². The number of rotatable bonds is 4. The summed E-state index contributed by atoms with van der Waals surface area (Å²) in [6, 6.07) is 5.53. The Morgan fingerprint density at radius 2 is 2.12 bits per heavy atom. The number of hydrogen-bond acceptors (Lipinski definition) is 4. The first-order chi connectivity index (χ1) is 11.5. The van der Waals surface area contributed by atoms with Gasteiger partial charge < -0.3 is 4.42 Å². The molecule has 24 heavy (non-hydrogen) atoms. The number of sulfonamides is 1. The lowest BCUT2D eigenvalue weighted by atomic mass is 9.66. The molecule has 2 aromatic heterocycles. The van der Waals surface area contributed by atoms with Gasteiger partial charge in [0.1, 0.15) is 5.76 Å². The molecule has 3 fully saturated rings. The summed E-state index contributed by atoms with van der Waals surface area (Å²) < 4.78 is 35.7. The third-order valence-corrected chi connectivity index (χ3v) is 8.03. The van der Waals surface area contributed by atoms with Crippen LogP contribution in [0.2, 0.25) is 0 Å². The SMILES string of the molecule is Cn1nc(C2CC2)cc1S(=O)(=O)N1CC[C@@H]2CC[C@@]21c1ccco1. The minimum Gasteiger partial charge on any atom is -0.467 e. The average molecular weight is 347 g/mol. The van der Waals surface area contributed by atoms with Crippen LogP contribution >= 0.6 is 0 Å². The largest absolute Gasteiger partial charge is 0.467 e. The number of furan rings is 1. The van der Waals surface area contributed by atoms with Crippen molar-refractivity contribution in [1.82, 2.24) is 14.1 Å². The Kier molecular flexibility index (Phi) is 2.90. The van der Waals surface area contributed by atoms with E-state index in [4.69, 9.17) is 4.42 Å². The van der Waals surface area contributed by atoms with Gasteiger partial charge in [0.05, 0.1) is 17.5 Å². The van der Waals surface area contributed by atoms with Crippen LogP contribution < -0.4 is 0 Å². The molecule has 3 heterocycles. The van der Waals surface area contributed by atoms with Gasteiger partial charge in [0.15, 0.2) is 5.03 Å². The Hall–Kier alpha value is -1.60. The molecule has 2 atom stereocenters. The molecule has 5 rings (SSSR count). The molecule has 2 saturated carbocycles. The lowest BCUT2D eigenvalue weighted by Crippen LogP contribution is -2.53. The van der Waals surface area contributed by atoms with Crippen molar-refractivity contribution in [3.8, 4) is 0 Å². The predicted octanol–water partition coefficient (Wildman–Crippen LogP) is 2.59. The van der Waals surface area contributed by atoms with E-state index in [0.717, 1.165) is 43.6 Å². The van der Waals surface area contributed by atoms with E-state index in [1.54, 1.807) is 23.7 Å². The number of hydrogen-bond donors (Lipinski definition) is 0. The molecule has 0 N–H and O–H groups in total. The molecular weight excluding hydrogens is 326 g/mol. The van der Waals surface area contributed by atoms with E-state index in [1.807, 2.05) is 12.1 Å². The maximum Gasteiger partial charge on any atom is 0.261 e. The fraction of sp³-hybridized carbons (Fsp3) is 0.588. The van der Waals surface area contributed by atoms with Gasteiger partial charge >= 0.3 is 0 Å². The highest BCUT2D eigenvalue weighted by atomic mass is 32.2. The summed E-state index contributed by atoms with van der Waals surface area (Å²) in [5.41, 5.74) is 0.416. The second-order valence-corrected chi connectivity index (χ2v) is 9.12. The van der Waals surface area contributed by atoms with Gasteiger partial charge in [-0.15, -0.1) is 0 Å². The van der Waals surface area contributed by atoms with Crippen LogP contribution in [0, 0.1) is 5.92 Å². The Morgan fingerprint density at radius 1 is 1.29 bits per heavy atom. The van der Waals surface area contributed by atoms with Gasteiger partial charge in [-0.05, 0) is 50.2 Å². The molecule has 0 spiro atoms. The van der Waals surface area contributed by atoms with Crippen molar-refractivity contribution in [3.05, 3.63) is 35.9 Å². The molecule has 6 nitrogen and oxygen atoms in total. The highest BCUT2D eigenvalue weighted by molar-refractivity contribution is 7.89. The van der Waals surface area contributed by atoms with E-state index in [1.165, 1.54) is 4.68 Å². The molecule has 1 aliphatic heterocycles. The second kappa shape index (κ2) is 4.73. The van der Waals surface area contributed by atoms with Crippen LogP contribution in [0.15, 0.2) is 33.9 Å². The summed E-state index contributed by atoms with van der Waals surface area (Å²) in [5.74, 6) is 1.58. The van der Waals surface area contributed by atoms with Crippen molar-refractivity contribution in [2.45, 2.75) is 48.6 Å². The van der Waals surface area contributed by atoms with Crippen molar-refractivity contribution in [2.24, 2.45) is 13.0 Å². The molecule has 0 radical (unpaired) electrons. The average Bonchev–Trinajstić information content (AvgIpc) is 2.96. The van der Waals surface area contributed by atoms with Crippen LogP contribution in [0.3, 0.4) is 0 Å². The molecule has 128 valence electrons. The van der Waals surface area contributed by atoms with Crippen molar-refractivity contribution < 1.29 is 12.8 Å². The molecular formula is C17H21N3O3S. The fourth-order valence-electron chi connectivity index (χ4n) is 4.52. The van der Waals surface area contributed by atoms with Gasteiger partial charge in [0.2, 0.25) is 0 Å². The van der Waals surface area contributed by atoms with Crippen LogP contribution in [0.4, 0.5) is 0 Å². The summed E-state index contributed by atoms with van der Waals surface area (Å²) in [4.78, 5) is 0. The first kappa shape index (κ1) is 14.7. The van der Waals surface area contributed by atoms with Gasteiger partial charge in [-0.3, -0.25) is 4.68 Å². The van der Waals surface area contributed by atoms with E-state index in [2.05, 4.69) is 5.10 Å². The fourth-order valence-corrected chi connectivity index (χ4v) is 6.49. The number of aromatic nitrogens is 2. The van der Waals surface area contributed by atoms with E-state index < -0.39 is 15.6 Å². The lowest BCUT2D eigenvalue weighted by Gasteiger charge is -2.47. The normalized spacial score (nSPS) is 30.3. The van der Waals surface area contributed by atoms with E-state index in [9.17, 15) is 8.42 Å². The van der Waals surface area contributed by atoms with Crippen LogP contribution in [-0.2, 0) is 22.6 Å². The van der Waals surface area contributed by atoms with Gasteiger partial charge in [-0.25, -0.2) is 8.42 Å². The van der Waals surface area contributed by atoms with Crippen molar-refractivity contribution in [2.75, 3.05) is 6.54 Å². The van der Waals surface area contributed by atoms with Gasteiger partial charge in [0.25, 0.3) is 10.0 Å². The number of aryl methyl sites for hydroxylation is 1. The summed E-state index contributed by atoms with van der Waals surface area (Å²) in [6.07, 6.45) is 6.64. The molecule has 3 aliphatic rings. The maximum atomic E-state index is 13.4. The van der Waals surface area contributed by atoms with E-state index in [-0.39, 0.29) is 0 Å². The first-order valence-corrected chi connectivity index (χ1v) is 10.1. The Balaban J connectivity index is 1.59. The molecule has 0 amide bonds. The zero-order valence-electron chi connectivity index (χ0n) is 13.7. The van der Waals surface area contributed by atoms with Crippen molar-refractivity contribution in [3.63, 3.8) is 0 Å². The lowest BCUT2D eigenvalue weighted by molar-refractivity contribution is 0.0463. The molecule has 2 aromatic rings. The van der Waals surface area contributed by atoms with Crippen LogP contribution in [0.25, 0.3) is 0 Å². The molecule has 1 saturated heterocycles. The highest BCUT2D eigenvalue weighted by Crippen LogP contribution is 2.58. The van der Waals surface area contributed by atoms with Crippen molar-refractivity contribution >= 4 is 10.0 Å². The van der Waals surface area contributed by atoms with Gasteiger partial charge in [-0.2, -0.15) is 9.40 Å². The number of nitrogens with zero attached hydrogens (tertiary/aromatic N) is 3. The summed E-state index contributed by atoms with van der Waals surface area (Å²) in [5, 5.41) is 4.75. The Morgan fingerprint density at radius 3 is 2.75 bits per heavy atom. The summed E-state index contributed by atoms with van der Waals surface area (Å²) in [7, 11) is -1.87. The van der Waals surface area contributed by atoms with Crippen LogP contribution in [0.1, 0.15) is 49.5 Å². The summed E-state index contributed by atoms with van der Waals surface area (Å²) in [6.45, 7) is 0.553. The zero-order valence-corrected chi connectivity index (χ0v) is 14.5. The highest BCUT2D eigenvalue weighted by Gasteiger charge is 2.62.